The van der Waals surface area contributed by atoms with E-state index in [1.54, 1.807) is 0 Å². The Bertz CT molecular complexity index is 1530. The minimum absolute atomic E-state index is 0.393. The molecule has 35 heavy (non-hydrogen) atoms. The highest BCUT2D eigenvalue weighted by Crippen LogP contribution is 2.42. The van der Waals surface area contributed by atoms with E-state index in [0.717, 1.165) is 76.0 Å². The largest absolute Gasteiger partial charge is 0.367 e. The van der Waals surface area contributed by atoms with Gasteiger partial charge in [0.25, 0.3) is 0 Å². The van der Waals surface area contributed by atoms with Gasteiger partial charge in [0.2, 0.25) is 0 Å². The summed E-state index contributed by atoms with van der Waals surface area (Å²) in [5, 5.41) is 10.7. The van der Waals surface area contributed by atoms with Crippen LogP contribution in [0.25, 0.3) is 44.2 Å². The van der Waals surface area contributed by atoms with Crippen molar-refractivity contribution in [3.05, 3.63) is 54.5 Å². The van der Waals surface area contributed by atoms with E-state index in [9.17, 15) is 0 Å². The lowest BCUT2D eigenvalue weighted by atomic mass is 9.79. The fourth-order valence-corrected chi connectivity index (χ4v) is 5.67. The van der Waals surface area contributed by atoms with Gasteiger partial charge in [-0.05, 0) is 68.8 Å². The summed E-state index contributed by atoms with van der Waals surface area (Å²) >= 11 is 0. The Labute approximate surface area is 203 Å². The van der Waals surface area contributed by atoms with Gasteiger partial charge in [0.15, 0.2) is 5.82 Å². The van der Waals surface area contributed by atoms with E-state index < -0.39 is 0 Å². The lowest BCUT2D eigenvalue weighted by Crippen LogP contribution is -2.23. The van der Waals surface area contributed by atoms with E-state index in [4.69, 9.17) is 9.97 Å². The van der Waals surface area contributed by atoms with Gasteiger partial charge in [0.05, 0.1) is 11.7 Å². The van der Waals surface area contributed by atoms with Crippen LogP contribution >= 0.6 is 0 Å². The molecule has 2 aliphatic rings. The first-order chi connectivity index (χ1) is 17.3. The first-order valence-corrected chi connectivity index (χ1v) is 12.8. The number of pyridine rings is 2. The summed E-state index contributed by atoms with van der Waals surface area (Å²) in [5.41, 5.74) is 5.13. The molecule has 1 saturated heterocycles. The maximum absolute atomic E-state index is 5.22. The third-order valence-corrected chi connectivity index (χ3v) is 7.74. The van der Waals surface area contributed by atoms with Crippen molar-refractivity contribution < 1.29 is 0 Å². The summed E-state index contributed by atoms with van der Waals surface area (Å²) in [6.45, 7) is 2.12. The Morgan fingerprint density at radius 1 is 0.886 bits per heavy atom. The van der Waals surface area contributed by atoms with Crippen molar-refractivity contribution in [1.29, 1.82) is 0 Å². The Morgan fingerprint density at radius 3 is 2.74 bits per heavy atom. The van der Waals surface area contributed by atoms with Gasteiger partial charge in [-0.15, -0.1) is 0 Å². The predicted molar refractivity (Wildman–Crippen MR) is 141 cm³/mol. The molecule has 1 unspecified atom stereocenters. The van der Waals surface area contributed by atoms with Crippen molar-refractivity contribution >= 4 is 38.7 Å². The molecule has 2 fully saturated rings. The van der Waals surface area contributed by atoms with Crippen molar-refractivity contribution in [2.45, 2.75) is 50.5 Å². The predicted octanol–water partition coefficient (Wildman–Crippen LogP) is 5.54. The van der Waals surface area contributed by atoms with Crippen LogP contribution in [0.1, 0.15) is 50.0 Å². The number of nitrogens with one attached hydrogen (secondary N) is 3. The zero-order chi connectivity index (χ0) is 23.2. The number of para-hydroxylation sites is 1. The van der Waals surface area contributed by atoms with Gasteiger partial charge >= 0.3 is 0 Å². The Balaban J connectivity index is 1.44. The lowest BCUT2D eigenvalue weighted by molar-refractivity contribution is 0.421. The summed E-state index contributed by atoms with van der Waals surface area (Å²) < 4.78 is 0. The smallest absolute Gasteiger partial charge is 0.163 e. The van der Waals surface area contributed by atoms with Crippen LogP contribution in [0.4, 0.5) is 5.82 Å². The van der Waals surface area contributed by atoms with Crippen LogP contribution < -0.4 is 10.6 Å². The second-order valence-electron chi connectivity index (χ2n) is 9.92. The molecule has 5 aromatic rings. The van der Waals surface area contributed by atoms with Gasteiger partial charge in [-0.2, -0.15) is 0 Å². The molecule has 7 heteroatoms. The summed E-state index contributed by atoms with van der Waals surface area (Å²) in [5.74, 6) is 2.22. The quantitative estimate of drug-likeness (QED) is 0.324. The SMILES string of the molecule is c1ccc2c(c1)[nH]c1nccc(-c3nc(NC4CCCNCC4)c4c(C5CCC5)cncc4n3)c12. The molecule has 7 nitrogen and oxygen atoms in total. The maximum atomic E-state index is 5.22. The molecule has 1 aliphatic carbocycles. The lowest BCUT2D eigenvalue weighted by Gasteiger charge is -2.28. The zero-order valence-electron chi connectivity index (χ0n) is 19.7. The first kappa shape index (κ1) is 20.8. The van der Waals surface area contributed by atoms with Crippen molar-refractivity contribution in [3.63, 3.8) is 0 Å². The molecule has 0 amide bonds. The number of nitrogens with zero attached hydrogens (tertiary/aromatic N) is 4. The number of aromatic nitrogens is 5. The van der Waals surface area contributed by atoms with Gasteiger partial charge in [-0.1, -0.05) is 24.6 Å². The highest BCUT2D eigenvalue weighted by atomic mass is 15.1. The fourth-order valence-electron chi connectivity index (χ4n) is 5.67. The van der Waals surface area contributed by atoms with Crippen LogP contribution in [0, 0.1) is 0 Å². The molecule has 176 valence electrons. The second-order valence-corrected chi connectivity index (χ2v) is 9.92. The van der Waals surface area contributed by atoms with Crippen molar-refractivity contribution in [1.82, 2.24) is 30.2 Å². The minimum Gasteiger partial charge on any atom is -0.367 e. The van der Waals surface area contributed by atoms with E-state index in [0.29, 0.717) is 12.0 Å². The molecule has 5 heterocycles. The molecule has 0 bridgehead atoms. The average Bonchev–Trinajstić information content (AvgIpc) is 3.04. The maximum Gasteiger partial charge on any atom is 0.163 e. The van der Waals surface area contributed by atoms with Gasteiger partial charge in [0.1, 0.15) is 11.5 Å². The monoisotopic (exact) mass is 463 g/mol. The summed E-state index contributed by atoms with van der Waals surface area (Å²) in [6, 6.07) is 10.8. The summed E-state index contributed by atoms with van der Waals surface area (Å²) in [4.78, 5) is 23.0. The first-order valence-electron chi connectivity index (χ1n) is 12.8. The highest BCUT2D eigenvalue weighted by Gasteiger charge is 2.26. The van der Waals surface area contributed by atoms with Gasteiger partial charge < -0.3 is 15.6 Å². The fraction of sp³-hybridized carbons (Fsp3) is 0.357. The normalized spacial score (nSPS) is 19.1. The average molecular weight is 464 g/mol. The molecular formula is C28H29N7. The van der Waals surface area contributed by atoms with Crippen LogP contribution in [0.5, 0.6) is 0 Å². The molecule has 1 aromatic carbocycles. The number of H-pyrrole nitrogens is 1. The summed E-state index contributed by atoms with van der Waals surface area (Å²) in [6.07, 6.45) is 12.9. The number of benzene rings is 1. The topological polar surface area (TPSA) is 91.4 Å². The van der Waals surface area contributed by atoms with E-state index in [2.05, 4.69) is 43.8 Å². The van der Waals surface area contributed by atoms with Crippen LogP contribution in [0.15, 0.2) is 48.9 Å². The Hall–Kier alpha value is -3.58. The summed E-state index contributed by atoms with van der Waals surface area (Å²) in [7, 11) is 0. The van der Waals surface area contributed by atoms with Gasteiger partial charge in [-0.3, -0.25) is 4.98 Å². The molecule has 4 aromatic heterocycles. The Morgan fingerprint density at radius 2 is 1.83 bits per heavy atom. The van der Waals surface area contributed by atoms with Gasteiger partial charge in [-0.25, -0.2) is 15.0 Å². The molecule has 1 atom stereocenters. The van der Waals surface area contributed by atoms with E-state index in [1.807, 2.05) is 30.7 Å². The Kier molecular flexibility index (Phi) is 5.09. The van der Waals surface area contributed by atoms with Crippen molar-refractivity contribution in [2.75, 3.05) is 18.4 Å². The molecule has 0 spiro atoms. The number of anilines is 1. The molecule has 3 N–H and O–H groups in total. The molecule has 0 radical (unpaired) electrons. The number of hydrogen-bond donors (Lipinski definition) is 3. The van der Waals surface area contributed by atoms with E-state index >= 15 is 0 Å². The van der Waals surface area contributed by atoms with Crippen LogP contribution in [0.3, 0.4) is 0 Å². The minimum atomic E-state index is 0.393. The van der Waals surface area contributed by atoms with E-state index in [1.165, 1.54) is 31.2 Å². The highest BCUT2D eigenvalue weighted by molar-refractivity contribution is 6.12. The molecular weight excluding hydrogens is 434 g/mol. The third-order valence-electron chi connectivity index (χ3n) is 7.74. The number of hydrogen-bond acceptors (Lipinski definition) is 6. The van der Waals surface area contributed by atoms with Crippen molar-refractivity contribution in [2.24, 2.45) is 0 Å². The number of fused-ring (bicyclic) bond motifs is 4. The van der Waals surface area contributed by atoms with Crippen LogP contribution in [-0.2, 0) is 0 Å². The van der Waals surface area contributed by atoms with Crippen LogP contribution in [-0.4, -0.2) is 44.1 Å². The molecule has 7 rings (SSSR count). The number of aromatic amines is 1. The molecule has 1 saturated carbocycles. The van der Waals surface area contributed by atoms with Gasteiger partial charge in [0, 0.05) is 45.7 Å². The number of rotatable bonds is 4. The van der Waals surface area contributed by atoms with Crippen molar-refractivity contribution in [3.8, 4) is 11.4 Å². The van der Waals surface area contributed by atoms with Crippen LogP contribution in [0.2, 0.25) is 0 Å². The van der Waals surface area contributed by atoms with E-state index in [-0.39, 0.29) is 0 Å². The third kappa shape index (κ3) is 3.62. The standard InChI is InChI=1S/C28H29N7/c1-2-9-22-19(8-1)24-20(11-14-31-27(24)33-22)26-34-23-16-30-15-21(17-5-3-6-17)25(23)28(35-26)32-18-7-4-12-29-13-10-18/h1-2,8-9,11,14-18,29H,3-7,10,12-13H2,(H,31,33)(H,32,34,35). The second kappa shape index (κ2) is 8.57. The molecule has 1 aliphatic heterocycles. The zero-order valence-corrected chi connectivity index (χ0v) is 19.7.